The van der Waals surface area contributed by atoms with Crippen LogP contribution in [0.4, 0.5) is 13.2 Å². The number of benzene rings is 3. The Morgan fingerprint density at radius 2 is 1.70 bits per heavy atom. The molecule has 0 aliphatic heterocycles. The summed E-state index contributed by atoms with van der Waals surface area (Å²) in [6, 6.07) is 14.6. The molecular formula is C26H25BrF3NO5S. The number of hydrogen-bond donors (Lipinski definition) is 0. The van der Waals surface area contributed by atoms with Gasteiger partial charge >= 0.3 is 16.3 Å². The molecule has 3 aromatic rings. The molecule has 3 rings (SSSR count). The Bertz CT molecular complexity index is 1360. The molecular weight excluding hydrogens is 575 g/mol. The second kappa shape index (κ2) is 11.6. The number of methoxy groups -OCH3 is 1. The number of hydrogen-bond acceptors (Lipinski definition) is 5. The third-order valence-electron chi connectivity index (χ3n) is 5.71. The Morgan fingerprint density at radius 3 is 2.30 bits per heavy atom. The van der Waals surface area contributed by atoms with E-state index in [4.69, 9.17) is 8.92 Å². The number of carbonyl (C=O) groups is 1. The molecule has 0 aliphatic carbocycles. The van der Waals surface area contributed by atoms with Crippen LogP contribution in [0, 0.1) is 0 Å². The summed E-state index contributed by atoms with van der Waals surface area (Å²) in [6.07, 6.45) is -4.05. The lowest BCUT2D eigenvalue weighted by Gasteiger charge is -2.29. The Morgan fingerprint density at radius 1 is 1.03 bits per heavy atom. The molecule has 0 aromatic heterocycles. The number of nitrogens with zero attached hydrogens (tertiary/aromatic N) is 1. The molecule has 0 N–H and O–H groups in total. The number of alkyl halides is 3. The zero-order chi connectivity index (χ0) is 27.4. The lowest BCUT2D eigenvalue weighted by atomic mass is 10.1. The van der Waals surface area contributed by atoms with Crippen molar-refractivity contribution in [1.29, 1.82) is 0 Å². The highest BCUT2D eigenvalue weighted by Crippen LogP contribution is 2.34. The first kappa shape index (κ1) is 28.5. The van der Waals surface area contributed by atoms with Gasteiger partial charge in [-0.2, -0.15) is 21.6 Å². The molecule has 0 spiro atoms. The molecule has 3 aromatic carbocycles. The van der Waals surface area contributed by atoms with Crippen molar-refractivity contribution >= 4 is 32.0 Å². The molecule has 6 nitrogen and oxygen atoms in total. The summed E-state index contributed by atoms with van der Waals surface area (Å²) in [7, 11) is -3.32. The van der Waals surface area contributed by atoms with Crippen molar-refractivity contribution in [2.45, 2.75) is 43.9 Å². The van der Waals surface area contributed by atoms with Gasteiger partial charge in [-0.25, -0.2) is 0 Å². The largest absolute Gasteiger partial charge is 0.493 e. The van der Waals surface area contributed by atoms with E-state index in [0.717, 1.165) is 22.7 Å². The fourth-order valence-electron chi connectivity index (χ4n) is 3.48. The summed E-state index contributed by atoms with van der Waals surface area (Å²) < 4.78 is 76.2. The summed E-state index contributed by atoms with van der Waals surface area (Å²) >= 11 is 3.35. The molecule has 0 aliphatic rings. The van der Waals surface area contributed by atoms with Gasteiger partial charge in [-0.3, -0.25) is 4.79 Å². The Balaban J connectivity index is 1.93. The normalized spacial score (nSPS) is 12.6. The van der Waals surface area contributed by atoms with Crippen LogP contribution in [0.25, 0.3) is 0 Å². The van der Waals surface area contributed by atoms with Crippen LogP contribution in [0.15, 0.2) is 76.1 Å². The maximum Gasteiger partial charge on any atom is 0.416 e. The molecule has 0 heterocycles. The number of carbonyl (C=O) groups excluding carboxylic acids is 1. The van der Waals surface area contributed by atoms with Gasteiger partial charge in [0, 0.05) is 22.6 Å². The second-order valence-electron chi connectivity index (χ2n) is 8.25. The zero-order valence-corrected chi connectivity index (χ0v) is 22.7. The van der Waals surface area contributed by atoms with Gasteiger partial charge in [-0.15, -0.1) is 0 Å². The highest BCUT2D eigenvalue weighted by molar-refractivity contribution is 9.10. The van der Waals surface area contributed by atoms with Gasteiger partial charge in [0.25, 0.3) is 5.91 Å². The molecule has 0 radical (unpaired) electrons. The average molecular weight is 600 g/mol. The van der Waals surface area contributed by atoms with Crippen LogP contribution in [0.1, 0.15) is 41.8 Å². The summed E-state index contributed by atoms with van der Waals surface area (Å²) in [5.74, 6) is -0.358. The van der Waals surface area contributed by atoms with E-state index in [0.29, 0.717) is 23.6 Å². The van der Waals surface area contributed by atoms with E-state index in [1.165, 1.54) is 19.2 Å². The zero-order valence-electron chi connectivity index (χ0n) is 20.3. The van der Waals surface area contributed by atoms with Crippen LogP contribution in [0.2, 0.25) is 0 Å². The van der Waals surface area contributed by atoms with Gasteiger partial charge in [0.1, 0.15) is 4.90 Å². The van der Waals surface area contributed by atoms with Crippen molar-refractivity contribution in [2.75, 3.05) is 7.11 Å². The fourth-order valence-corrected chi connectivity index (χ4v) is 4.73. The minimum atomic E-state index is -4.72. The topological polar surface area (TPSA) is 72.9 Å². The minimum Gasteiger partial charge on any atom is -0.493 e. The first-order chi connectivity index (χ1) is 17.4. The number of halogens is 4. The van der Waals surface area contributed by atoms with Crippen LogP contribution in [0.5, 0.6) is 11.5 Å². The molecule has 0 bridgehead atoms. The van der Waals surface area contributed by atoms with Gasteiger partial charge < -0.3 is 13.8 Å². The highest BCUT2D eigenvalue weighted by atomic mass is 79.9. The summed E-state index contributed by atoms with van der Waals surface area (Å²) in [5, 5.41) is 0. The second-order valence-corrected chi connectivity index (χ2v) is 10.7. The Labute approximate surface area is 222 Å². The van der Waals surface area contributed by atoms with Crippen molar-refractivity contribution in [2.24, 2.45) is 0 Å². The Hall–Kier alpha value is -3.05. The van der Waals surface area contributed by atoms with E-state index in [9.17, 15) is 26.4 Å². The molecule has 0 fully saturated rings. The van der Waals surface area contributed by atoms with E-state index in [2.05, 4.69) is 15.9 Å². The van der Waals surface area contributed by atoms with Crippen molar-refractivity contribution < 1.29 is 35.3 Å². The van der Waals surface area contributed by atoms with Crippen LogP contribution in [-0.2, 0) is 22.8 Å². The molecule has 1 atom stereocenters. The van der Waals surface area contributed by atoms with Gasteiger partial charge in [0.05, 0.1) is 12.7 Å². The standard InChI is InChI=1S/C26H25BrF3NO5S/c1-4-17(2)31(25(32)19-9-11-21(27)12-10-19)16-18-8-13-23(35-3)24(14-18)36-37(33,34)22-7-5-6-20(15-22)26(28,29)30/h5-15,17H,4,16H2,1-3H3. The van der Waals surface area contributed by atoms with Crippen LogP contribution in [0.3, 0.4) is 0 Å². The van der Waals surface area contributed by atoms with Gasteiger partial charge in [-0.05, 0) is 73.5 Å². The monoisotopic (exact) mass is 599 g/mol. The first-order valence-electron chi connectivity index (χ1n) is 11.2. The van der Waals surface area contributed by atoms with Gasteiger partial charge in [0.2, 0.25) is 0 Å². The van der Waals surface area contributed by atoms with Crippen molar-refractivity contribution in [1.82, 2.24) is 4.90 Å². The van der Waals surface area contributed by atoms with Crippen LogP contribution < -0.4 is 8.92 Å². The fraction of sp³-hybridized carbons (Fsp3) is 0.269. The number of ether oxygens (including phenoxy) is 1. The highest BCUT2D eigenvalue weighted by Gasteiger charge is 2.32. The SMILES string of the molecule is CCC(C)N(Cc1ccc(OC)c(OS(=O)(=O)c2cccc(C(F)(F)F)c2)c1)C(=O)c1ccc(Br)cc1. The minimum absolute atomic E-state index is 0.0635. The van der Waals surface area contributed by atoms with Crippen molar-refractivity contribution in [3.05, 3.63) is 87.9 Å². The summed E-state index contributed by atoms with van der Waals surface area (Å²) in [5.41, 5.74) is -0.0880. The quantitative estimate of drug-likeness (QED) is 0.256. The number of rotatable bonds is 9. The lowest BCUT2D eigenvalue weighted by molar-refractivity contribution is -0.137. The molecule has 11 heteroatoms. The van der Waals surface area contributed by atoms with E-state index < -0.39 is 26.8 Å². The third-order valence-corrected chi connectivity index (χ3v) is 7.46. The van der Waals surface area contributed by atoms with Gasteiger partial charge in [-0.1, -0.05) is 35.0 Å². The van der Waals surface area contributed by atoms with Crippen LogP contribution in [-0.4, -0.2) is 32.4 Å². The molecule has 1 amide bonds. The molecule has 198 valence electrons. The third kappa shape index (κ3) is 7.04. The van der Waals surface area contributed by atoms with E-state index >= 15 is 0 Å². The van der Waals surface area contributed by atoms with Crippen molar-refractivity contribution in [3.63, 3.8) is 0 Å². The average Bonchev–Trinajstić information content (AvgIpc) is 2.86. The smallest absolute Gasteiger partial charge is 0.416 e. The van der Waals surface area contributed by atoms with Crippen LogP contribution >= 0.6 is 15.9 Å². The van der Waals surface area contributed by atoms with Gasteiger partial charge in [0.15, 0.2) is 11.5 Å². The summed E-state index contributed by atoms with van der Waals surface area (Å²) in [6.45, 7) is 3.97. The molecule has 0 saturated heterocycles. The van der Waals surface area contributed by atoms with Crippen molar-refractivity contribution in [3.8, 4) is 11.5 Å². The van der Waals surface area contributed by atoms with E-state index in [-0.39, 0.29) is 30.0 Å². The summed E-state index contributed by atoms with van der Waals surface area (Å²) in [4.78, 5) is 14.3. The maximum atomic E-state index is 13.3. The molecule has 37 heavy (non-hydrogen) atoms. The maximum absolute atomic E-state index is 13.3. The predicted octanol–water partition coefficient (Wildman–Crippen LogP) is 6.69. The number of amides is 1. The van der Waals surface area contributed by atoms with E-state index in [1.807, 2.05) is 13.8 Å². The lowest BCUT2D eigenvalue weighted by Crippen LogP contribution is -2.37. The predicted molar refractivity (Wildman–Crippen MR) is 136 cm³/mol. The first-order valence-corrected chi connectivity index (χ1v) is 13.4. The Kier molecular flexibility index (Phi) is 8.91. The van der Waals surface area contributed by atoms with E-state index in [1.54, 1.807) is 35.2 Å². The molecule has 0 saturated carbocycles. The molecule has 1 unspecified atom stereocenters.